The van der Waals surface area contributed by atoms with Gasteiger partial charge in [-0.25, -0.2) is 0 Å². The summed E-state index contributed by atoms with van der Waals surface area (Å²) in [4.78, 5) is 13.5. The Bertz CT molecular complexity index is 218. The number of nitrogens with zero attached hydrogens (tertiary/aromatic N) is 1. The Kier molecular flexibility index (Phi) is 3.52. The first-order chi connectivity index (χ1) is 6.13. The number of allylic oxidation sites excluding steroid dienone is 1. The summed E-state index contributed by atoms with van der Waals surface area (Å²) < 4.78 is 0. The summed E-state index contributed by atoms with van der Waals surface area (Å²) in [6, 6.07) is 0. The number of hydrogen-bond acceptors (Lipinski definition) is 2. The Morgan fingerprint density at radius 2 is 2.23 bits per heavy atom. The fourth-order valence-corrected chi connectivity index (χ4v) is 1.81. The van der Waals surface area contributed by atoms with Crippen molar-refractivity contribution in [1.29, 1.82) is 0 Å². The Morgan fingerprint density at radius 1 is 1.54 bits per heavy atom. The van der Waals surface area contributed by atoms with Crippen LogP contribution >= 0.6 is 0 Å². The molecule has 74 valence electrons. The zero-order valence-electron chi connectivity index (χ0n) is 8.84. The number of rotatable bonds is 2. The molecule has 0 aliphatic heterocycles. The summed E-state index contributed by atoms with van der Waals surface area (Å²) in [6.07, 6.45) is 5.98. The van der Waals surface area contributed by atoms with Crippen LogP contribution in [0.25, 0.3) is 0 Å². The van der Waals surface area contributed by atoms with Gasteiger partial charge in [-0.2, -0.15) is 0 Å². The van der Waals surface area contributed by atoms with Crippen LogP contribution in [0.4, 0.5) is 0 Å². The molecule has 2 nitrogen and oxygen atoms in total. The van der Waals surface area contributed by atoms with Crippen molar-refractivity contribution in [3.8, 4) is 0 Å². The van der Waals surface area contributed by atoms with Crippen LogP contribution in [-0.4, -0.2) is 24.8 Å². The minimum absolute atomic E-state index is 0.346. The van der Waals surface area contributed by atoms with Crippen LogP contribution in [0.5, 0.6) is 0 Å². The van der Waals surface area contributed by atoms with Crippen molar-refractivity contribution < 1.29 is 4.79 Å². The Balaban J connectivity index is 2.65. The first kappa shape index (κ1) is 10.3. The van der Waals surface area contributed by atoms with E-state index in [4.69, 9.17) is 0 Å². The van der Waals surface area contributed by atoms with Crippen LogP contribution in [0.3, 0.4) is 0 Å². The molecular formula is C11H19NO. The van der Waals surface area contributed by atoms with Gasteiger partial charge in [0.15, 0.2) is 5.78 Å². The summed E-state index contributed by atoms with van der Waals surface area (Å²) in [7, 11) is 3.94. The molecule has 1 aliphatic carbocycles. The lowest BCUT2D eigenvalue weighted by Crippen LogP contribution is -2.18. The third kappa shape index (κ3) is 2.87. The van der Waals surface area contributed by atoms with Gasteiger partial charge in [0.1, 0.15) is 0 Å². The van der Waals surface area contributed by atoms with Crippen LogP contribution < -0.4 is 0 Å². The van der Waals surface area contributed by atoms with E-state index in [1.54, 1.807) is 0 Å². The summed E-state index contributed by atoms with van der Waals surface area (Å²) in [5.41, 5.74) is 1.02. The second-order valence-electron chi connectivity index (χ2n) is 4.06. The van der Waals surface area contributed by atoms with E-state index in [2.05, 4.69) is 6.92 Å². The number of carbonyl (C=O) groups excluding carboxylic acids is 1. The number of Topliss-reactive ketones (excluding diaryl/α,β-unsaturated/α-hetero) is 1. The maximum absolute atomic E-state index is 11.5. The zero-order valence-corrected chi connectivity index (χ0v) is 8.84. The van der Waals surface area contributed by atoms with Crippen molar-refractivity contribution in [3.63, 3.8) is 0 Å². The molecule has 0 bridgehead atoms. The minimum atomic E-state index is 0.346. The average Bonchev–Trinajstić information content (AvgIpc) is 2.08. The molecule has 0 heterocycles. The quantitative estimate of drug-likeness (QED) is 0.609. The molecular weight excluding hydrogens is 162 g/mol. The fourth-order valence-electron chi connectivity index (χ4n) is 1.81. The summed E-state index contributed by atoms with van der Waals surface area (Å²) in [5.74, 6) is 1.07. The first-order valence-corrected chi connectivity index (χ1v) is 5.03. The highest BCUT2D eigenvalue weighted by molar-refractivity contribution is 5.95. The molecule has 0 aromatic rings. The molecule has 13 heavy (non-hydrogen) atoms. The van der Waals surface area contributed by atoms with E-state index in [0.29, 0.717) is 5.78 Å². The Hall–Kier alpha value is -0.790. The van der Waals surface area contributed by atoms with Gasteiger partial charge in [0, 0.05) is 32.3 Å². The minimum Gasteiger partial charge on any atom is -0.383 e. The number of hydrogen-bond donors (Lipinski definition) is 0. The van der Waals surface area contributed by atoms with E-state index in [9.17, 15) is 4.79 Å². The van der Waals surface area contributed by atoms with E-state index in [1.165, 1.54) is 6.42 Å². The smallest absolute Gasteiger partial charge is 0.160 e. The maximum atomic E-state index is 11.5. The van der Waals surface area contributed by atoms with E-state index >= 15 is 0 Å². The molecule has 1 unspecified atom stereocenters. The van der Waals surface area contributed by atoms with Crippen molar-refractivity contribution in [1.82, 2.24) is 4.90 Å². The monoisotopic (exact) mass is 181 g/mol. The molecule has 0 spiro atoms. The lowest BCUT2D eigenvalue weighted by atomic mass is 9.83. The molecule has 0 N–H and O–H groups in total. The van der Waals surface area contributed by atoms with Gasteiger partial charge < -0.3 is 4.90 Å². The standard InChI is InChI=1S/C11H19NO/c1-4-9-5-6-11(13)10(7-9)8-12(2)3/h8-9H,4-7H2,1-3H3/b10-8-. The van der Waals surface area contributed by atoms with Gasteiger partial charge in [-0.15, -0.1) is 0 Å². The van der Waals surface area contributed by atoms with Crippen LogP contribution in [0.2, 0.25) is 0 Å². The van der Waals surface area contributed by atoms with Gasteiger partial charge in [-0.05, 0) is 18.8 Å². The maximum Gasteiger partial charge on any atom is 0.160 e. The molecule has 0 aromatic heterocycles. The van der Waals surface area contributed by atoms with Gasteiger partial charge in [0.05, 0.1) is 0 Å². The largest absolute Gasteiger partial charge is 0.383 e. The average molecular weight is 181 g/mol. The van der Waals surface area contributed by atoms with Crippen LogP contribution in [0.15, 0.2) is 11.8 Å². The summed E-state index contributed by atoms with van der Waals surface area (Å²) >= 11 is 0. The SMILES string of the molecule is CCC1CCC(=O)/C(=C\N(C)C)C1. The molecule has 1 fully saturated rings. The lowest BCUT2D eigenvalue weighted by molar-refractivity contribution is -0.117. The van der Waals surface area contributed by atoms with Crippen molar-refractivity contribution in [3.05, 3.63) is 11.8 Å². The molecule has 2 heteroatoms. The zero-order chi connectivity index (χ0) is 9.84. The normalized spacial score (nSPS) is 26.5. The molecule has 0 radical (unpaired) electrons. The lowest BCUT2D eigenvalue weighted by Gasteiger charge is -2.22. The molecule has 1 aliphatic rings. The Labute approximate surface area is 80.6 Å². The predicted molar refractivity (Wildman–Crippen MR) is 54.4 cm³/mol. The molecule has 1 saturated carbocycles. The van der Waals surface area contributed by atoms with Crippen LogP contribution in [0.1, 0.15) is 32.6 Å². The number of carbonyl (C=O) groups is 1. The van der Waals surface area contributed by atoms with E-state index in [0.717, 1.165) is 30.8 Å². The molecule has 1 atom stereocenters. The van der Waals surface area contributed by atoms with Crippen molar-refractivity contribution in [2.75, 3.05) is 14.1 Å². The highest BCUT2D eigenvalue weighted by Gasteiger charge is 2.21. The van der Waals surface area contributed by atoms with E-state index in [-0.39, 0.29) is 0 Å². The van der Waals surface area contributed by atoms with Crippen LogP contribution in [-0.2, 0) is 4.79 Å². The second-order valence-corrected chi connectivity index (χ2v) is 4.06. The van der Waals surface area contributed by atoms with Gasteiger partial charge in [-0.1, -0.05) is 13.3 Å². The van der Waals surface area contributed by atoms with Gasteiger partial charge in [0.2, 0.25) is 0 Å². The van der Waals surface area contributed by atoms with Crippen molar-refractivity contribution in [2.45, 2.75) is 32.6 Å². The molecule has 0 aromatic carbocycles. The summed E-state index contributed by atoms with van der Waals surface area (Å²) in [6.45, 7) is 2.20. The molecule has 1 rings (SSSR count). The van der Waals surface area contributed by atoms with Gasteiger partial charge in [-0.3, -0.25) is 4.79 Å². The third-order valence-electron chi connectivity index (χ3n) is 2.64. The predicted octanol–water partition coefficient (Wildman–Crippen LogP) is 2.21. The van der Waals surface area contributed by atoms with Crippen molar-refractivity contribution >= 4 is 5.78 Å². The summed E-state index contributed by atoms with van der Waals surface area (Å²) in [5, 5.41) is 0. The first-order valence-electron chi connectivity index (χ1n) is 5.03. The van der Waals surface area contributed by atoms with Crippen molar-refractivity contribution in [2.24, 2.45) is 5.92 Å². The fraction of sp³-hybridized carbons (Fsp3) is 0.727. The second kappa shape index (κ2) is 4.45. The van der Waals surface area contributed by atoms with E-state index < -0.39 is 0 Å². The highest BCUT2D eigenvalue weighted by Crippen LogP contribution is 2.27. The van der Waals surface area contributed by atoms with E-state index in [1.807, 2.05) is 25.2 Å². The van der Waals surface area contributed by atoms with Gasteiger partial charge in [0.25, 0.3) is 0 Å². The van der Waals surface area contributed by atoms with Gasteiger partial charge >= 0.3 is 0 Å². The highest BCUT2D eigenvalue weighted by atomic mass is 16.1. The molecule has 0 amide bonds. The topological polar surface area (TPSA) is 20.3 Å². The molecule has 0 saturated heterocycles. The Morgan fingerprint density at radius 3 is 2.77 bits per heavy atom. The third-order valence-corrected chi connectivity index (χ3v) is 2.64. The number of ketones is 1. The van der Waals surface area contributed by atoms with Crippen LogP contribution in [0, 0.1) is 5.92 Å².